The van der Waals surface area contributed by atoms with Crippen molar-refractivity contribution in [2.45, 2.75) is 37.7 Å². The van der Waals surface area contributed by atoms with E-state index in [1.807, 2.05) is 47.4 Å². The highest BCUT2D eigenvalue weighted by atomic mass is 19.1. The Balaban J connectivity index is 1.23. The molecule has 0 bridgehead atoms. The number of carbonyl (C=O) groups is 1. The van der Waals surface area contributed by atoms with Gasteiger partial charge in [-0.1, -0.05) is 36.4 Å². The molecule has 3 heterocycles. The molecule has 5 rings (SSSR count). The lowest BCUT2D eigenvalue weighted by molar-refractivity contribution is -0.123. The van der Waals surface area contributed by atoms with Crippen LogP contribution in [0.2, 0.25) is 0 Å². The number of pyridine rings is 1. The second-order valence-electron chi connectivity index (χ2n) is 8.91. The van der Waals surface area contributed by atoms with Gasteiger partial charge in [-0.2, -0.15) is 0 Å². The number of fused-ring (bicyclic) bond motifs is 1. The van der Waals surface area contributed by atoms with Gasteiger partial charge in [-0.25, -0.2) is 9.37 Å². The highest BCUT2D eigenvalue weighted by molar-refractivity contribution is 5.95. The van der Waals surface area contributed by atoms with Crippen LogP contribution in [0.15, 0.2) is 60.7 Å². The monoisotopic (exact) mass is 418 g/mol. The summed E-state index contributed by atoms with van der Waals surface area (Å²) in [7, 11) is 0. The van der Waals surface area contributed by atoms with Crippen LogP contribution < -0.4 is 0 Å². The smallest absolute Gasteiger partial charge is 0.272 e. The Morgan fingerprint density at radius 1 is 1.10 bits per heavy atom. The van der Waals surface area contributed by atoms with Crippen molar-refractivity contribution in [3.63, 3.8) is 0 Å². The van der Waals surface area contributed by atoms with Crippen molar-refractivity contribution in [3.05, 3.63) is 77.7 Å². The number of hydrogen-bond acceptors (Lipinski definition) is 3. The maximum atomic E-state index is 13.5. The molecule has 1 atom stereocenters. The highest BCUT2D eigenvalue weighted by Crippen LogP contribution is 2.39. The summed E-state index contributed by atoms with van der Waals surface area (Å²) in [6.45, 7) is 2.10. The molecule has 1 spiro atoms. The van der Waals surface area contributed by atoms with Gasteiger partial charge in [0, 0.05) is 25.1 Å². The predicted octanol–water partition coefficient (Wildman–Crippen LogP) is 5.02. The average molecular weight is 419 g/mol. The van der Waals surface area contributed by atoms with E-state index in [1.165, 1.54) is 6.07 Å². The molecule has 2 saturated heterocycles. The van der Waals surface area contributed by atoms with Crippen molar-refractivity contribution in [2.75, 3.05) is 19.7 Å². The number of benzene rings is 2. The summed E-state index contributed by atoms with van der Waals surface area (Å²) in [5.74, 6) is 0.307. The van der Waals surface area contributed by atoms with Crippen molar-refractivity contribution in [3.8, 4) is 0 Å². The van der Waals surface area contributed by atoms with Crippen molar-refractivity contribution in [1.82, 2.24) is 9.88 Å². The maximum Gasteiger partial charge on any atom is 0.272 e. The van der Waals surface area contributed by atoms with Gasteiger partial charge >= 0.3 is 0 Å². The molecule has 2 aromatic carbocycles. The molecule has 31 heavy (non-hydrogen) atoms. The van der Waals surface area contributed by atoms with E-state index in [-0.39, 0.29) is 17.3 Å². The molecule has 160 valence electrons. The summed E-state index contributed by atoms with van der Waals surface area (Å²) < 4.78 is 19.8. The molecular weight excluding hydrogens is 391 g/mol. The second kappa shape index (κ2) is 8.39. The molecule has 0 N–H and O–H groups in total. The molecule has 2 aliphatic heterocycles. The number of halogens is 1. The van der Waals surface area contributed by atoms with Crippen LogP contribution in [0.25, 0.3) is 10.9 Å². The number of para-hydroxylation sites is 1. The van der Waals surface area contributed by atoms with E-state index in [2.05, 4.69) is 4.98 Å². The molecule has 0 saturated carbocycles. The normalized spacial score (nSPS) is 20.8. The van der Waals surface area contributed by atoms with Gasteiger partial charge in [-0.15, -0.1) is 0 Å². The minimum absolute atomic E-state index is 0.00674. The number of carbonyl (C=O) groups excluding carboxylic acids is 1. The van der Waals surface area contributed by atoms with E-state index in [9.17, 15) is 9.18 Å². The van der Waals surface area contributed by atoms with Gasteiger partial charge in [0.25, 0.3) is 5.91 Å². The Morgan fingerprint density at radius 3 is 2.77 bits per heavy atom. The van der Waals surface area contributed by atoms with E-state index in [4.69, 9.17) is 4.74 Å². The third-order valence-electron chi connectivity index (χ3n) is 6.79. The number of ether oxygens (including phenoxy) is 1. The summed E-state index contributed by atoms with van der Waals surface area (Å²) in [5.41, 5.74) is 2.24. The molecule has 4 nitrogen and oxygen atoms in total. The predicted molar refractivity (Wildman–Crippen MR) is 118 cm³/mol. The van der Waals surface area contributed by atoms with Crippen molar-refractivity contribution in [2.24, 2.45) is 5.92 Å². The maximum absolute atomic E-state index is 13.5. The standard InChI is InChI=1S/C26H27FN2O2/c27-22-6-3-4-19(17-22)16-20-10-15-31-26(18-20)11-13-29(14-12-26)25(30)24-9-8-21-5-1-2-7-23(21)28-24/h1-9,17,20H,10-16,18H2/t20-/m1/s1. The first-order valence-corrected chi connectivity index (χ1v) is 11.1. The molecule has 2 fully saturated rings. The van der Waals surface area contributed by atoms with E-state index in [0.29, 0.717) is 24.7 Å². The Hall–Kier alpha value is -2.79. The quantitative estimate of drug-likeness (QED) is 0.600. The third-order valence-corrected chi connectivity index (χ3v) is 6.79. The van der Waals surface area contributed by atoms with Crippen LogP contribution in [-0.2, 0) is 11.2 Å². The number of rotatable bonds is 3. The summed E-state index contributed by atoms with van der Waals surface area (Å²) in [4.78, 5) is 19.5. The topological polar surface area (TPSA) is 42.4 Å². The van der Waals surface area contributed by atoms with E-state index in [0.717, 1.165) is 55.2 Å². The van der Waals surface area contributed by atoms with Gasteiger partial charge in [-0.3, -0.25) is 4.79 Å². The van der Waals surface area contributed by atoms with E-state index < -0.39 is 0 Å². The average Bonchev–Trinajstić information content (AvgIpc) is 2.79. The zero-order chi connectivity index (χ0) is 21.3. The zero-order valence-corrected chi connectivity index (χ0v) is 17.6. The summed E-state index contributed by atoms with van der Waals surface area (Å²) >= 11 is 0. The van der Waals surface area contributed by atoms with E-state index in [1.54, 1.807) is 12.1 Å². The summed E-state index contributed by atoms with van der Waals surface area (Å²) in [6.07, 6.45) is 4.53. The molecule has 1 amide bonds. The Kier molecular flexibility index (Phi) is 5.45. The van der Waals surface area contributed by atoms with Crippen LogP contribution in [0.3, 0.4) is 0 Å². The fourth-order valence-electron chi connectivity index (χ4n) is 5.11. The van der Waals surface area contributed by atoms with Crippen molar-refractivity contribution < 1.29 is 13.9 Å². The lowest BCUT2D eigenvalue weighted by atomic mass is 9.77. The minimum atomic E-state index is -0.173. The molecule has 1 aromatic heterocycles. The van der Waals surface area contributed by atoms with Gasteiger partial charge in [-0.05, 0) is 67.9 Å². The fraction of sp³-hybridized carbons (Fsp3) is 0.385. The third kappa shape index (κ3) is 4.33. The molecule has 5 heteroatoms. The van der Waals surface area contributed by atoms with Crippen LogP contribution >= 0.6 is 0 Å². The minimum Gasteiger partial charge on any atom is -0.375 e. The first-order valence-electron chi connectivity index (χ1n) is 11.1. The first-order chi connectivity index (χ1) is 15.1. The number of amides is 1. The zero-order valence-electron chi connectivity index (χ0n) is 17.6. The van der Waals surface area contributed by atoms with Crippen LogP contribution in [0, 0.1) is 11.7 Å². The molecule has 0 radical (unpaired) electrons. The van der Waals surface area contributed by atoms with Gasteiger partial charge < -0.3 is 9.64 Å². The second-order valence-corrected chi connectivity index (χ2v) is 8.91. The molecule has 0 aliphatic carbocycles. The Morgan fingerprint density at radius 2 is 1.94 bits per heavy atom. The number of hydrogen-bond donors (Lipinski definition) is 0. The molecule has 3 aromatic rings. The highest BCUT2D eigenvalue weighted by Gasteiger charge is 2.41. The summed E-state index contributed by atoms with van der Waals surface area (Å²) in [5, 5.41) is 1.04. The number of aromatic nitrogens is 1. The van der Waals surface area contributed by atoms with Gasteiger partial charge in [0.1, 0.15) is 11.5 Å². The lowest BCUT2D eigenvalue weighted by Gasteiger charge is -2.46. The van der Waals surface area contributed by atoms with Gasteiger partial charge in [0.15, 0.2) is 0 Å². The fourth-order valence-corrected chi connectivity index (χ4v) is 5.11. The van der Waals surface area contributed by atoms with Crippen molar-refractivity contribution in [1.29, 1.82) is 0 Å². The van der Waals surface area contributed by atoms with Gasteiger partial charge in [0.05, 0.1) is 11.1 Å². The Bertz CT molecular complexity index is 1090. The molecular formula is C26H27FN2O2. The van der Waals surface area contributed by atoms with Crippen LogP contribution in [0.4, 0.5) is 4.39 Å². The molecule has 2 aliphatic rings. The van der Waals surface area contributed by atoms with Crippen LogP contribution in [0.1, 0.15) is 41.7 Å². The number of nitrogens with zero attached hydrogens (tertiary/aromatic N) is 2. The largest absolute Gasteiger partial charge is 0.375 e. The molecule has 0 unspecified atom stereocenters. The number of likely N-dealkylation sites (tertiary alicyclic amines) is 1. The lowest BCUT2D eigenvalue weighted by Crippen LogP contribution is -2.51. The summed E-state index contributed by atoms with van der Waals surface area (Å²) in [6, 6.07) is 18.5. The van der Waals surface area contributed by atoms with E-state index >= 15 is 0 Å². The Labute approximate surface area is 182 Å². The number of piperidine rings is 1. The van der Waals surface area contributed by atoms with Gasteiger partial charge in [0.2, 0.25) is 0 Å². The SMILES string of the molecule is O=C(c1ccc2ccccc2n1)N1CCC2(CC1)C[C@@H](Cc1cccc(F)c1)CCO2. The van der Waals surface area contributed by atoms with Crippen LogP contribution in [0.5, 0.6) is 0 Å². The first kappa shape index (κ1) is 20.1. The van der Waals surface area contributed by atoms with Crippen LogP contribution in [-0.4, -0.2) is 41.1 Å². The van der Waals surface area contributed by atoms with Crippen molar-refractivity contribution >= 4 is 16.8 Å².